The average Bonchev–Trinajstić information content (AvgIpc) is 3.03. The number of hydrogen-bond acceptors (Lipinski definition) is 1. The zero-order valence-corrected chi connectivity index (χ0v) is 18.5. The molecule has 6 rings (SSSR count). The van der Waals surface area contributed by atoms with Crippen LogP contribution in [0.5, 0.6) is 0 Å². The van der Waals surface area contributed by atoms with Crippen LogP contribution in [0.2, 0.25) is 19.6 Å². The highest BCUT2D eigenvalue weighted by atomic mass is 28.3. The molecule has 142 valence electrons. The van der Waals surface area contributed by atoms with Crippen molar-refractivity contribution in [1.82, 2.24) is 9.38 Å². The van der Waals surface area contributed by atoms with Crippen molar-refractivity contribution in [3.05, 3.63) is 60.4 Å². The van der Waals surface area contributed by atoms with Crippen molar-refractivity contribution in [1.29, 1.82) is 0 Å². The fourth-order valence-electron chi connectivity index (χ4n) is 5.16. The van der Waals surface area contributed by atoms with Gasteiger partial charge in [0, 0.05) is 16.2 Å². The van der Waals surface area contributed by atoms with E-state index in [0.29, 0.717) is 0 Å². The molecule has 4 heteroatoms. The minimum atomic E-state index is -1.59. The molecule has 0 unspecified atom stereocenters. The molecule has 0 aliphatic rings. The second-order valence-corrected chi connectivity index (χ2v) is 14.4. The summed E-state index contributed by atoms with van der Waals surface area (Å²) in [4.78, 5) is 4.89. The van der Waals surface area contributed by atoms with Crippen molar-refractivity contribution >= 4 is 62.4 Å². The first-order valence-corrected chi connectivity index (χ1v) is 13.7. The van der Waals surface area contributed by atoms with Crippen molar-refractivity contribution in [3.63, 3.8) is 0 Å². The summed E-state index contributed by atoms with van der Waals surface area (Å²) >= 11 is 0. The van der Waals surface area contributed by atoms with Gasteiger partial charge in [0.25, 0.3) is 6.33 Å². The summed E-state index contributed by atoms with van der Waals surface area (Å²) in [6, 6.07) is 17.9. The van der Waals surface area contributed by atoms with Crippen LogP contribution >= 0.6 is 0 Å². The molecule has 0 amide bonds. The molecular formula is C25H24N3Si+. The largest absolute Gasteiger partial charge is 0.308 e. The van der Waals surface area contributed by atoms with E-state index in [1.54, 1.807) is 0 Å². The predicted molar refractivity (Wildman–Crippen MR) is 125 cm³/mol. The van der Waals surface area contributed by atoms with Crippen LogP contribution in [0.15, 0.2) is 54.9 Å². The number of hydrogen-bond donors (Lipinski definition) is 0. The molecule has 6 aromatic rings. The second-order valence-electron chi connectivity index (χ2n) is 9.32. The van der Waals surface area contributed by atoms with Crippen LogP contribution in [0.1, 0.15) is 5.56 Å². The van der Waals surface area contributed by atoms with E-state index >= 15 is 0 Å². The number of benzene rings is 3. The fourth-order valence-corrected chi connectivity index (χ4v) is 6.73. The molecule has 0 radical (unpaired) electrons. The monoisotopic (exact) mass is 394 g/mol. The molecule has 0 N–H and O–H groups in total. The second kappa shape index (κ2) is 5.33. The van der Waals surface area contributed by atoms with Gasteiger partial charge in [-0.2, -0.15) is 0 Å². The van der Waals surface area contributed by atoms with Crippen LogP contribution in [0.4, 0.5) is 0 Å². The molecule has 0 fully saturated rings. The lowest BCUT2D eigenvalue weighted by Crippen LogP contribution is -2.38. The summed E-state index contributed by atoms with van der Waals surface area (Å²) in [6.07, 6.45) is 1.98. The summed E-state index contributed by atoms with van der Waals surface area (Å²) in [5.74, 6) is 0. The molecule has 0 saturated carbocycles. The molecular weight excluding hydrogens is 370 g/mol. The Morgan fingerprint density at radius 2 is 1.66 bits per heavy atom. The van der Waals surface area contributed by atoms with E-state index in [9.17, 15) is 0 Å². The third-order valence-corrected chi connectivity index (χ3v) is 8.42. The van der Waals surface area contributed by atoms with Crippen molar-refractivity contribution in [3.8, 4) is 0 Å². The Kier molecular flexibility index (Phi) is 3.11. The van der Waals surface area contributed by atoms with Crippen molar-refractivity contribution < 1.29 is 4.57 Å². The van der Waals surface area contributed by atoms with Gasteiger partial charge < -0.3 is 4.40 Å². The highest BCUT2D eigenvalue weighted by molar-refractivity contribution is 6.91. The number of fused-ring (bicyclic) bond motifs is 6. The van der Waals surface area contributed by atoms with Crippen molar-refractivity contribution in [2.75, 3.05) is 0 Å². The molecule has 0 bridgehead atoms. The molecule has 3 heterocycles. The highest BCUT2D eigenvalue weighted by Crippen LogP contribution is 2.40. The molecule has 0 spiro atoms. The van der Waals surface area contributed by atoms with E-state index < -0.39 is 8.07 Å². The molecule has 0 saturated heterocycles. The zero-order chi connectivity index (χ0) is 20.1. The smallest absolute Gasteiger partial charge is 0.287 e. The van der Waals surface area contributed by atoms with Gasteiger partial charge in [-0.05, 0) is 40.9 Å². The summed E-state index contributed by atoms with van der Waals surface area (Å²) in [5.41, 5.74) is 7.60. The van der Waals surface area contributed by atoms with Crippen molar-refractivity contribution in [2.24, 2.45) is 7.05 Å². The summed E-state index contributed by atoms with van der Waals surface area (Å²) in [6.45, 7) is 9.53. The van der Waals surface area contributed by atoms with Gasteiger partial charge in [-0.15, -0.1) is 0 Å². The Bertz CT molecular complexity index is 1600. The Morgan fingerprint density at radius 3 is 2.45 bits per heavy atom. The third-order valence-electron chi connectivity index (χ3n) is 6.41. The number of aryl methyl sites for hydroxylation is 2. The van der Waals surface area contributed by atoms with Crippen LogP contribution in [0, 0.1) is 6.92 Å². The van der Waals surface area contributed by atoms with Gasteiger partial charge in [-0.25, -0.2) is 4.57 Å². The lowest BCUT2D eigenvalue weighted by molar-refractivity contribution is -0.646. The summed E-state index contributed by atoms with van der Waals surface area (Å²) in [7, 11) is 0.531. The number of para-hydroxylation sites is 1. The summed E-state index contributed by atoms with van der Waals surface area (Å²) < 4.78 is 4.69. The standard InChI is InChI=1S/C25H24N3Si/c1-15-9-8-12-19-21(15)24-23-17(26-14-27(24)2)13-20(29(3,4)5)22-16-10-6-7-11-18(16)28(19)25(22)23/h6-14H,1-5H3/q+1. The van der Waals surface area contributed by atoms with Gasteiger partial charge in [-0.3, -0.25) is 0 Å². The molecule has 0 aliphatic carbocycles. The van der Waals surface area contributed by atoms with Gasteiger partial charge in [0.2, 0.25) is 0 Å². The maximum Gasteiger partial charge on any atom is 0.287 e. The van der Waals surface area contributed by atoms with Gasteiger partial charge >= 0.3 is 0 Å². The molecule has 0 atom stereocenters. The fraction of sp³-hybridized carbons (Fsp3) is 0.200. The Balaban J connectivity index is 2.13. The lowest BCUT2D eigenvalue weighted by atomic mass is 10.0. The predicted octanol–water partition coefficient (Wildman–Crippen LogP) is 5.06. The maximum atomic E-state index is 4.89. The van der Waals surface area contributed by atoms with Gasteiger partial charge in [0.1, 0.15) is 5.52 Å². The first kappa shape index (κ1) is 16.9. The molecule has 3 nitrogen and oxygen atoms in total. The van der Waals surface area contributed by atoms with Crippen molar-refractivity contribution in [2.45, 2.75) is 26.6 Å². The molecule has 0 aliphatic heterocycles. The van der Waals surface area contributed by atoms with E-state index in [2.05, 4.69) is 91.1 Å². The number of pyridine rings is 1. The van der Waals surface area contributed by atoms with Gasteiger partial charge in [0.05, 0.1) is 37.1 Å². The highest BCUT2D eigenvalue weighted by Gasteiger charge is 2.29. The Labute approximate surface area is 170 Å². The van der Waals surface area contributed by atoms with Crippen LogP contribution in [-0.4, -0.2) is 17.5 Å². The minimum Gasteiger partial charge on any atom is -0.308 e. The van der Waals surface area contributed by atoms with Crippen LogP contribution in [0.3, 0.4) is 0 Å². The van der Waals surface area contributed by atoms with E-state index in [1.165, 1.54) is 54.4 Å². The van der Waals surface area contributed by atoms with E-state index in [-0.39, 0.29) is 0 Å². The zero-order valence-electron chi connectivity index (χ0n) is 17.5. The SMILES string of the molecule is Cc1cccc2c1c1c3c(cc([Si](C)(C)C)c4c5ccccc5n2c43)nc[n+]1C. The first-order chi connectivity index (χ1) is 13.9. The van der Waals surface area contributed by atoms with Gasteiger partial charge in [0.15, 0.2) is 5.52 Å². The van der Waals surface area contributed by atoms with E-state index in [0.717, 1.165) is 5.52 Å². The minimum absolute atomic E-state index is 1.11. The molecule has 29 heavy (non-hydrogen) atoms. The van der Waals surface area contributed by atoms with Crippen LogP contribution in [-0.2, 0) is 7.05 Å². The average molecular weight is 395 g/mol. The van der Waals surface area contributed by atoms with Crippen LogP contribution in [0.25, 0.3) is 49.1 Å². The first-order valence-electron chi connectivity index (χ1n) is 10.2. The third kappa shape index (κ3) is 2.02. The lowest BCUT2D eigenvalue weighted by Gasteiger charge is -2.20. The number of rotatable bonds is 1. The number of aromatic nitrogens is 3. The summed E-state index contributed by atoms with van der Waals surface area (Å²) in [5, 5.41) is 6.88. The van der Waals surface area contributed by atoms with Crippen LogP contribution < -0.4 is 9.75 Å². The topological polar surface area (TPSA) is 21.2 Å². The Morgan fingerprint density at radius 1 is 0.897 bits per heavy atom. The Hall–Kier alpha value is -2.98. The van der Waals surface area contributed by atoms with Gasteiger partial charge in [-0.1, -0.05) is 50.0 Å². The van der Waals surface area contributed by atoms with E-state index in [1.807, 2.05) is 6.33 Å². The quantitative estimate of drug-likeness (QED) is 0.165. The normalized spacial score (nSPS) is 13.0. The maximum absolute atomic E-state index is 4.89. The molecule has 3 aromatic carbocycles. The molecule has 3 aromatic heterocycles. The van der Waals surface area contributed by atoms with E-state index in [4.69, 9.17) is 4.98 Å². The number of nitrogens with zero attached hydrogens (tertiary/aromatic N) is 3.